The minimum Gasteiger partial charge on any atom is -0.289 e. The Morgan fingerprint density at radius 3 is 2.54 bits per heavy atom. The minimum atomic E-state index is 0.593. The van der Waals surface area contributed by atoms with Crippen molar-refractivity contribution in [3.63, 3.8) is 0 Å². The largest absolute Gasteiger partial charge is 0.289 e. The Morgan fingerprint density at radius 1 is 1.15 bits per heavy atom. The Hall–Kier alpha value is -0.590. The Labute approximate surface area is 80.9 Å². The second-order valence-corrected chi connectivity index (χ2v) is 4.73. The maximum Gasteiger partial charge on any atom is 0.0556 e. The molecule has 1 nitrogen and oxygen atoms in total. The lowest BCUT2D eigenvalue weighted by molar-refractivity contribution is 0.0223. The average Bonchev–Trinajstić information content (AvgIpc) is 2.20. The van der Waals surface area contributed by atoms with E-state index < -0.39 is 0 Å². The number of fused-ring (bicyclic) bond motifs is 3. The average molecular weight is 177 g/mol. The van der Waals surface area contributed by atoms with Crippen LogP contribution < -0.4 is 0 Å². The van der Waals surface area contributed by atoms with Crippen LogP contribution in [0.5, 0.6) is 0 Å². The number of hydrogen-bond acceptors (Lipinski definition) is 1. The number of hydrogen-bond donors (Lipinski definition) is 0. The van der Waals surface area contributed by atoms with Crippen LogP contribution in [0, 0.1) is 23.7 Å². The van der Waals surface area contributed by atoms with Crippen LogP contribution >= 0.6 is 0 Å². The summed E-state index contributed by atoms with van der Waals surface area (Å²) in [4.78, 5) is 4.59. The summed E-state index contributed by atoms with van der Waals surface area (Å²) in [6, 6.07) is 0.593. The molecule has 1 heteroatoms. The minimum absolute atomic E-state index is 0.593. The van der Waals surface area contributed by atoms with Crippen molar-refractivity contribution in [3.05, 3.63) is 12.2 Å². The zero-order valence-electron chi connectivity index (χ0n) is 8.77. The fourth-order valence-corrected chi connectivity index (χ4v) is 3.24. The third-order valence-corrected chi connectivity index (χ3v) is 3.94. The standard InChI is InChI=1S/C12H19N/c1-8-6-4-5-7-13-12-9(2)11(8)10(12)3/h4-5,7-12H,6H2,1-3H3/b5-4+,13-7-. The van der Waals surface area contributed by atoms with Gasteiger partial charge in [-0.05, 0) is 36.2 Å². The molecule has 0 aromatic rings. The second-order valence-electron chi connectivity index (χ2n) is 4.73. The summed E-state index contributed by atoms with van der Waals surface area (Å²) in [5, 5.41) is 0. The molecule has 2 heterocycles. The van der Waals surface area contributed by atoms with Crippen LogP contribution in [0.4, 0.5) is 0 Å². The molecular weight excluding hydrogens is 158 g/mol. The Kier molecular flexibility index (Phi) is 2.27. The van der Waals surface area contributed by atoms with Gasteiger partial charge in [0.1, 0.15) is 0 Å². The summed E-state index contributed by atoms with van der Waals surface area (Å²) in [5.74, 6) is 3.31. The van der Waals surface area contributed by atoms with E-state index in [1.165, 1.54) is 6.42 Å². The van der Waals surface area contributed by atoms with Crippen molar-refractivity contribution < 1.29 is 0 Å². The van der Waals surface area contributed by atoms with Gasteiger partial charge in [-0.2, -0.15) is 0 Å². The molecular formula is C12H19N. The van der Waals surface area contributed by atoms with Crippen molar-refractivity contribution >= 4 is 6.21 Å². The molecule has 0 saturated heterocycles. The van der Waals surface area contributed by atoms with Gasteiger partial charge in [0.2, 0.25) is 0 Å². The Morgan fingerprint density at radius 2 is 1.85 bits per heavy atom. The topological polar surface area (TPSA) is 12.4 Å². The summed E-state index contributed by atoms with van der Waals surface area (Å²) in [5.41, 5.74) is 0. The summed E-state index contributed by atoms with van der Waals surface area (Å²) >= 11 is 0. The second kappa shape index (κ2) is 3.28. The zero-order valence-corrected chi connectivity index (χ0v) is 8.77. The first-order chi connectivity index (χ1) is 6.22. The van der Waals surface area contributed by atoms with E-state index in [4.69, 9.17) is 0 Å². The van der Waals surface area contributed by atoms with Crippen LogP contribution in [-0.4, -0.2) is 12.3 Å². The lowest BCUT2D eigenvalue weighted by Crippen LogP contribution is -2.49. The van der Waals surface area contributed by atoms with Gasteiger partial charge in [0, 0.05) is 6.21 Å². The monoisotopic (exact) mass is 177 g/mol. The maximum atomic E-state index is 4.59. The normalized spacial score (nSPS) is 53.9. The molecule has 0 N–H and O–H groups in total. The van der Waals surface area contributed by atoms with E-state index in [-0.39, 0.29) is 0 Å². The molecule has 72 valence electrons. The number of allylic oxidation sites excluding steroid dienone is 2. The SMILES string of the molecule is CC1C/C=C/C=N\C2C(C)C1C2C. The fourth-order valence-electron chi connectivity index (χ4n) is 3.24. The van der Waals surface area contributed by atoms with Gasteiger partial charge in [0.15, 0.2) is 0 Å². The quantitative estimate of drug-likeness (QED) is 0.539. The predicted molar refractivity (Wildman–Crippen MR) is 57.0 cm³/mol. The highest BCUT2D eigenvalue weighted by molar-refractivity contribution is 5.71. The molecule has 3 aliphatic rings. The third kappa shape index (κ3) is 1.34. The van der Waals surface area contributed by atoms with Crippen molar-refractivity contribution in [2.45, 2.75) is 33.2 Å². The zero-order chi connectivity index (χ0) is 9.42. The summed E-state index contributed by atoms with van der Waals surface area (Å²) < 4.78 is 0. The van der Waals surface area contributed by atoms with Gasteiger partial charge in [0.25, 0.3) is 0 Å². The first kappa shape index (κ1) is 8.98. The fraction of sp³-hybridized carbons (Fsp3) is 0.750. The summed E-state index contributed by atoms with van der Waals surface area (Å²) in [6.07, 6.45) is 7.58. The van der Waals surface area contributed by atoms with Crippen molar-refractivity contribution in [2.24, 2.45) is 28.7 Å². The molecule has 3 atom stereocenters. The van der Waals surface area contributed by atoms with Gasteiger partial charge in [-0.3, -0.25) is 4.99 Å². The number of aliphatic imine (C=N–C) groups is 1. The molecule has 3 rings (SSSR count). The van der Waals surface area contributed by atoms with Gasteiger partial charge in [-0.1, -0.05) is 26.8 Å². The molecule has 1 aliphatic carbocycles. The molecule has 0 aromatic carbocycles. The molecule has 1 saturated carbocycles. The van der Waals surface area contributed by atoms with E-state index in [9.17, 15) is 0 Å². The lowest BCUT2D eigenvalue weighted by Gasteiger charge is -2.50. The van der Waals surface area contributed by atoms with Gasteiger partial charge in [-0.25, -0.2) is 0 Å². The first-order valence-electron chi connectivity index (χ1n) is 5.40. The van der Waals surface area contributed by atoms with Crippen LogP contribution in [0.15, 0.2) is 17.1 Å². The first-order valence-corrected chi connectivity index (χ1v) is 5.40. The van der Waals surface area contributed by atoms with Crippen molar-refractivity contribution in [3.8, 4) is 0 Å². The molecule has 3 unspecified atom stereocenters. The van der Waals surface area contributed by atoms with Crippen LogP contribution in [0.3, 0.4) is 0 Å². The summed E-state index contributed by atoms with van der Waals surface area (Å²) in [7, 11) is 0. The molecule has 0 spiro atoms. The van der Waals surface area contributed by atoms with E-state index in [0.717, 1.165) is 23.7 Å². The molecule has 1 fully saturated rings. The van der Waals surface area contributed by atoms with E-state index in [0.29, 0.717) is 6.04 Å². The maximum absolute atomic E-state index is 4.59. The molecule has 0 aromatic heterocycles. The van der Waals surface area contributed by atoms with Gasteiger partial charge >= 0.3 is 0 Å². The highest BCUT2D eigenvalue weighted by atomic mass is 14.8. The van der Waals surface area contributed by atoms with Crippen LogP contribution in [0.1, 0.15) is 27.2 Å². The predicted octanol–water partition coefficient (Wildman–Crippen LogP) is 2.92. The van der Waals surface area contributed by atoms with Gasteiger partial charge in [-0.15, -0.1) is 0 Å². The molecule has 2 aliphatic heterocycles. The number of nitrogens with zero attached hydrogens (tertiary/aromatic N) is 1. The van der Waals surface area contributed by atoms with Crippen molar-refractivity contribution in [1.82, 2.24) is 0 Å². The van der Waals surface area contributed by atoms with Crippen LogP contribution in [0.25, 0.3) is 0 Å². The van der Waals surface area contributed by atoms with Gasteiger partial charge < -0.3 is 0 Å². The number of rotatable bonds is 0. The van der Waals surface area contributed by atoms with Gasteiger partial charge in [0.05, 0.1) is 6.04 Å². The highest BCUT2D eigenvalue weighted by Gasteiger charge is 2.46. The Balaban J connectivity index is 2.19. The van der Waals surface area contributed by atoms with Crippen molar-refractivity contribution in [1.29, 1.82) is 0 Å². The van der Waals surface area contributed by atoms with Crippen LogP contribution in [0.2, 0.25) is 0 Å². The third-order valence-electron chi connectivity index (χ3n) is 3.94. The molecule has 0 radical (unpaired) electrons. The highest BCUT2D eigenvalue weighted by Crippen LogP contribution is 2.47. The van der Waals surface area contributed by atoms with Crippen molar-refractivity contribution in [2.75, 3.05) is 0 Å². The Bertz CT molecular complexity index is 226. The molecule has 0 amide bonds. The summed E-state index contributed by atoms with van der Waals surface area (Å²) in [6.45, 7) is 7.09. The van der Waals surface area contributed by atoms with E-state index >= 15 is 0 Å². The van der Waals surface area contributed by atoms with Crippen LogP contribution in [-0.2, 0) is 0 Å². The lowest BCUT2D eigenvalue weighted by atomic mass is 9.57. The molecule has 2 bridgehead atoms. The molecule has 13 heavy (non-hydrogen) atoms. The van der Waals surface area contributed by atoms with E-state index in [1.807, 2.05) is 6.21 Å². The smallest absolute Gasteiger partial charge is 0.0556 e. The van der Waals surface area contributed by atoms with E-state index in [2.05, 4.69) is 37.9 Å². The van der Waals surface area contributed by atoms with E-state index in [1.54, 1.807) is 0 Å².